The molecule has 0 saturated carbocycles. The summed E-state index contributed by atoms with van der Waals surface area (Å²) in [5, 5.41) is 10.3. The summed E-state index contributed by atoms with van der Waals surface area (Å²) in [6.07, 6.45) is 0. The second-order valence-electron chi connectivity index (χ2n) is 4.62. The fourth-order valence-electron chi connectivity index (χ4n) is 2.45. The molecule has 0 unspecified atom stereocenters. The predicted octanol–water partition coefficient (Wildman–Crippen LogP) is 1.93. The van der Waals surface area contributed by atoms with E-state index in [2.05, 4.69) is 6.58 Å². The number of rotatable bonds is 3. The second-order valence-corrected chi connectivity index (χ2v) is 4.62. The maximum absolute atomic E-state index is 12.4. The Hall–Kier alpha value is -2.66. The standard InChI is InChI=1S/C15H12N2O3/c1-9(16-20)8-17-14(18)11-6-2-4-10-5-3-7-12(13(10)11)15(17)19/h2-7,16,20H,1,8H2. The van der Waals surface area contributed by atoms with Crippen molar-refractivity contribution in [3.63, 3.8) is 0 Å². The molecule has 0 aliphatic carbocycles. The molecule has 100 valence electrons. The van der Waals surface area contributed by atoms with Crippen LogP contribution in [-0.2, 0) is 0 Å². The first-order valence-corrected chi connectivity index (χ1v) is 6.09. The lowest BCUT2D eigenvalue weighted by atomic mass is 9.94. The van der Waals surface area contributed by atoms with Crippen molar-refractivity contribution in [1.82, 2.24) is 10.4 Å². The molecule has 3 rings (SSSR count). The lowest BCUT2D eigenvalue weighted by Crippen LogP contribution is -2.42. The Morgan fingerprint density at radius 2 is 1.65 bits per heavy atom. The highest BCUT2D eigenvalue weighted by atomic mass is 16.5. The summed E-state index contributed by atoms with van der Waals surface area (Å²) in [6.45, 7) is 3.46. The van der Waals surface area contributed by atoms with E-state index in [4.69, 9.17) is 5.21 Å². The van der Waals surface area contributed by atoms with E-state index < -0.39 is 0 Å². The van der Waals surface area contributed by atoms with Crippen molar-refractivity contribution in [3.05, 3.63) is 59.8 Å². The van der Waals surface area contributed by atoms with E-state index in [1.54, 1.807) is 24.3 Å². The number of hydrogen-bond donors (Lipinski definition) is 2. The number of imide groups is 1. The number of carbonyl (C=O) groups excluding carboxylic acids is 2. The molecule has 0 saturated heterocycles. The number of hydrogen-bond acceptors (Lipinski definition) is 4. The first kappa shape index (κ1) is 12.4. The summed E-state index contributed by atoms with van der Waals surface area (Å²) in [5.74, 6) is -0.758. The number of hydroxylamine groups is 1. The third-order valence-corrected chi connectivity index (χ3v) is 3.36. The molecule has 0 atom stereocenters. The van der Waals surface area contributed by atoms with Crippen LogP contribution >= 0.6 is 0 Å². The molecule has 5 heteroatoms. The highest BCUT2D eigenvalue weighted by Gasteiger charge is 2.32. The fraction of sp³-hybridized carbons (Fsp3) is 0.0667. The summed E-state index contributed by atoms with van der Waals surface area (Å²) in [5.41, 5.74) is 3.02. The zero-order valence-corrected chi connectivity index (χ0v) is 10.6. The highest BCUT2D eigenvalue weighted by molar-refractivity contribution is 6.25. The number of benzene rings is 2. The Morgan fingerprint density at radius 3 is 2.15 bits per heavy atom. The molecule has 1 aliphatic rings. The van der Waals surface area contributed by atoms with Gasteiger partial charge in [-0.15, -0.1) is 0 Å². The van der Waals surface area contributed by atoms with Gasteiger partial charge in [-0.1, -0.05) is 30.8 Å². The van der Waals surface area contributed by atoms with E-state index in [0.717, 1.165) is 10.3 Å². The van der Waals surface area contributed by atoms with Crippen molar-refractivity contribution in [2.45, 2.75) is 0 Å². The van der Waals surface area contributed by atoms with E-state index in [-0.39, 0.29) is 24.1 Å². The fourth-order valence-corrected chi connectivity index (χ4v) is 2.45. The SMILES string of the molecule is C=C(CN1C(=O)c2cccc3cccc(c23)C1=O)NO. The van der Waals surface area contributed by atoms with Crippen LogP contribution in [0.5, 0.6) is 0 Å². The molecule has 0 radical (unpaired) electrons. The molecule has 0 bridgehead atoms. The minimum atomic E-state index is -0.379. The van der Waals surface area contributed by atoms with Crippen LogP contribution in [0, 0.1) is 0 Å². The molecule has 20 heavy (non-hydrogen) atoms. The molecule has 5 nitrogen and oxygen atoms in total. The van der Waals surface area contributed by atoms with Crippen molar-refractivity contribution in [2.24, 2.45) is 0 Å². The molecule has 0 aromatic heterocycles. The Labute approximate surface area is 115 Å². The summed E-state index contributed by atoms with van der Waals surface area (Å²) in [7, 11) is 0. The molecule has 2 aromatic rings. The van der Waals surface area contributed by atoms with Crippen molar-refractivity contribution in [3.8, 4) is 0 Å². The average molecular weight is 268 g/mol. The molecular weight excluding hydrogens is 256 g/mol. The van der Waals surface area contributed by atoms with Crippen LogP contribution in [0.3, 0.4) is 0 Å². The molecule has 1 aliphatic heterocycles. The van der Waals surface area contributed by atoms with Crippen LogP contribution in [0.1, 0.15) is 20.7 Å². The van der Waals surface area contributed by atoms with Crippen molar-refractivity contribution < 1.29 is 14.8 Å². The van der Waals surface area contributed by atoms with Crippen LogP contribution in [-0.4, -0.2) is 28.5 Å². The third kappa shape index (κ3) is 1.68. The van der Waals surface area contributed by atoms with Gasteiger partial charge in [-0.25, -0.2) is 0 Å². The Bertz CT molecular complexity index is 701. The van der Waals surface area contributed by atoms with Gasteiger partial charge in [-0.3, -0.25) is 25.2 Å². The van der Waals surface area contributed by atoms with E-state index in [1.807, 2.05) is 17.6 Å². The molecule has 1 heterocycles. The minimum Gasteiger partial charge on any atom is -0.291 e. The Kier molecular flexibility index (Phi) is 2.76. The Morgan fingerprint density at radius 1 is 1.10 bits per heavy atom. The van der Waals surface area contributed by atoms with Gasteiger partial charge in [0.2, 0.25) is 0 Å². The summed E-state index contributed by atoms with van der Waals surface area (Å²) >= 11 is 0. The zero-order valence-electron chi connectivity index (χ0n) is 10.6. The van der Waals surface area contributed by atoms with E-state index in [9.17, 15) is 9.59 Å². The van der Waals surface area contributed by atoms with Gasteiger partial charge >= 0.3 is 0 Å². The van der Waals surface area contributed by atoms with Gasteiger partial charge in [0.25, 0.3) is 11.8 Å². The number of carbonyl (C=O) groups is 2. The van der Waals surface area contributed by atoms with E-state index >= 15 is 0 Å². The topological polar surface area (TPSA) is 69.6 Å². The van der Waals surface area contributed by atoms with Gasteiger partial charge in [0.05, 0.1) is 12.2 Å². The normalized spacial score (nSPS) is 13.8. The molecular formula is C15H12N2O3. The smallest absolute Gasteiger partial charge is 0.261 e. The highest BCUT2D eigenvalue weighted by Crippen LogP contribution is 2.29. The third-order valence-electron chi connectivity index (χ3n) is 3.36. The molecule has 2 N–H and O–H groups in total. The van der Waals surface area contributed by atoms with Gasteiger partial charge in [-0.05, 0) is 17.5 Å². The van der Waals surface area contributed by atoms with Crippen molar-refractivity contribution in [2.75, 3.05) is 6.54 Å². The average Bonchev–Trinajstić information content (AvgIpc) is 2.48. The van der Waals surface area contributed by atoms with Gasteiger partial charge in [-0.2, -0.15) is 0 Å². The van der Waals surface area contributed by atoms with E-state index in [0.29, 0.717) is 16.5 Å². The molecule has 2 amide bonds. The lowest BCUT2D eigenvalue weighted by molar-refractivity contribution is 0.0612. The minimum absolute atomic E-state index is 0.0705. The van der Waals surface area contributed by atoms with Crippen LogP contribution < -0.4 is 5.48 Å². The van der Waals surface area contributed by atoms with Gasteiger partial charge < -0.3 is 0 Å². The summed E-state index contributed by atoms with van der Waals surface area (Å²) in [6, 6.07) is 10.7. The van der Waals surface area contributed by atoms with Gasteiger partial charge in [0.15, 0.2) is 0 Å². The van der Waals surface area contributed by atoms with Crippen molar-refractivity contribution in [1.29, 1.82) is 0 Å². The van der Waals surface area contributed by atoms with Crippen LogP contribution in [0.2, 0.25) is 0 Å². The number of nitrogens with zero attached hydrogens (tertiary/aromatic N) is 1. The molecule has 0 fully saturated rings. The van der Waals surface area contributed by atoms with Crippen LogP contribution in [0.25, 0.3) is 10.8 Å². The first-order valence-electron chi connectivity index (χ1n) is 6.09. The Balaban J connectivity index is 2.19. The molecule has 2 aromatic carbocycles. The maximum atomic E-state index is 12.4. The van der Waals surface area contributed by atoms with Gasteiger partial charge in [0, 0.05) is 16.5 Å². The predicted molar refractivity (Wildman–Crippen MR) is 73.4 cm³/mol. The lowest BCUT2D eigenvalue weighted by Gasteiger charge is -2.27. The zero-order chi connectivity index (χ0) is 14.3. The quantitative estimate of drug-likeness (QED) is 0.659. The van der Waals surface area contributed by atoms with Crippen LogP contribution in [0.4, 0.5) is 0 Å². The monoisotopic (exact) mass is 268 g/mol. The summed E-state index contributed by atoms with van der Waals surface area (Å²) < 4.78 is 0. The van der Waals surface area contributed by atoms with Gasteiger partial charge in [0.1, 0.15) is 0 Å². The largest absolute Gasteiger partial charge is 0.291 e. The van der Waals surface area contributed by atoms with E-state index in [1.165, 1.54) is 0 Å². The second kappa shape index (κ2) is 4.47. The molecule has 0 spiro atoms. The maximum Gasteiger partial charge on any atom is 0.261 e. The first-order chi connectivity index (χ1) is 9.63. The summed E-state index contributed by atoms with van der Waals surface area (Å²) in [4.78, 5) is 25.9. The number of nitrogens with one attached hydrogen (secondary N) is 1. The van der Waals surface area contributed by atoms with Crippen molar-refractivity contribution >= 4 is 22.6 Å². The van der Waals surface area contributed by atoms with Crippen LogP contribution in [0.15, 0.2) is 48.7 Å². The number of amides is 2.